The monoisotopic (exact) mass is 232 g/mol. The molecule has 1 N–H and O–H groups in total. The van der Waals surface area contributed by atoms with Gasteiger partial charge in [0.1, 0.15) is 12.4 Å². The lowest BCUT2D eigenvalue weighted by molar-refractivity contribution is 0.368. The quantitative estimate of drug-likeness (QED) is 0.764. The Bertz CT molecular complexity index is 373. The zero-order chi connectivity index (χ0) is 12.5. The second-order valence-electron chi connectivity index (χ2n) is 4.23. The molecule has 0 aliphatic rings. The minimum Gasteiger partial charge on any atom is -0.479 e. The minimum atomic E-state index is 0.420. The molecule has 1 aromatic rings. The average Bonchev–Trinajstić information content (AvgIpc) is 2.31. The van der Waals surface area contributed by atoms with Crippen LogP contribution in [0.2, 0.25) is 0 Å². The molecular weight excluding hydrogens is 212 g/mol. The number of hydrogen-bond donors (Lipinski definition) is 1. The fourth-order valence-corrected chi connectivity index (χ4v) is 1.28. The van der Waals surface area contributed by atoms with Crippen molar-refractivity contribution >= 4 is 0 Å². The van der Waals surface area contributed by atoms with Crippen molar-refractivity contribution in [2.45, 2.75) is 27.3 Å². The lowest BCUT2D eigenvalue weighted by atomic mass is 10.2. The van der Waals surface area contributed by atoms with Gasteiger partial charge in [-0.1, -0.05) is 19.8 Å². The molecule has 0 aliphatic carbocycles. The van der Waals surface area contributed by atoms with Crippen LogP contribution in [0.25, 0.3) is 0 Å². The van der Waals surface area contributed by atoms with E-state index in [9.17, 15) is 0 Å². The predicted octanol–water partition coefficient (Wildman–Crippen LogP) is 2.23. The van der Waals surface area contributed by atoms with Crippen molar-refractivity contribution in [2.24, 2.45) is 5.92 Å². The lowest BCUT2D eigenvalue weighted by Crippen LogP contribution is -2.19. The van der Waals surface area contributed by atoms with Gasteiger partial charge in [-0.05, 0) is 31.5 Å². The second-order valence-corrected chi connectivity index (χ2v) is 4.23. The summed E-state index contributed by atoms with van der Waals surface area (Å²) in [4.78, 5) is 4.32. The molecule has 1 aromatic heterocycles. The maximum absolute atomic E-state index is 5.39. The van der Waals surface area contributed by atoms with Gasteiger partial charge in [-0.25, -0.2) is 0 Å². The Balaban J connectivity index is 2.35. The van der Waals surface area contributed by atoms with Crippen molar-refractivity contribution in [3.8, 4) is 17.6 Å². The number of aromatic nitrogens is 1. The first-order valence-corrected chi connectivity index (χ1v) is 5.90. The van der Waals surface area contributed by atoms with Gasteiger partial charge in [-0.2, -0.15) is 0 Å². The summed E-state index contributed by atoms with van der Waals surface area (Å²) in [6.07, 6.45) is 1.74. The molecule has 3 heteroatoms. The Labute approximate surface area is 104 Å². The highest BCUT2D eigenvalue weighted by molar-refractivity contribution is 5.20. The van der Waals surface area contributed by atoms with Gasteiger partial charge < -0.3 is 10.1 Å². The molecule has 92 valence electrons. The van der Waals surface area contributed by atoms with Gasteiger partial charge in [0.15, 0.2) is 0 Å². The van der Waals surface area contributed by atoms with Gasteiger partial charge in [-0.15, -0.1) is 5.92 Å². The molecule has 0 aromatic carbocycles. The fourth-order valence-electron chi connectivity index (χ4n) is 1.28. The SMILES string of the molecule is CC#CCOc1ccc(CNCC(C)C)nc1. The normalized spacial score (nSPS) is 9.88. The summed E-state index contributed by atoms with van der Waals surface area (Å²) in [5.41, 5.74) is 1.03. The van der Waals surface area contributed by atoms with Crippen LogP contribution in [0.3, 0.4) is 0 Å². The third-order valence-electron chi connectivity index (χ3n) is 2.14. The first-order chi connectivity index (χ1) is 8.22. The zero-order valence-corrected chi connectivity index (χ0v) is 10.8. The van der Waals surface area contributed by atoms with Crippen LogP contribution in [0.1, 0.15) is 26.5 Å². The number of pyridine rings is 1. The van der Waals surface area contributed by atoms with E-state index < -0.39 is 0 Å². The highest BCUT2D eigenvalue weighted by Crippen LogP contribution is 2.08. The van der Waals surface area contributed by atoms with Crippen LogP contribution in [0.5, 0.6) is 5.75 Å². The molecule has 17 heavy (non-hydrogen) atoms. The van der Waals surface area contributed by atoms with Crippen molar-refractivity contribution in [3.63, 3.8) is 0 Å². The molecule has 1 heterocycles. The lowest BCUT2D eigenvalue weighted by Gasteiger charge is -2.07. The van der Waals surface area contributed by atoms with Gasteiger partial charge in [0.25, 0.3) is 0 Å². The summed E-state index contributed by atoms with van der Waals surface area (Å²) < 4.78 is 5.39. The summed E-state index contributed by atoms with van der Waals surface area (Å²) in [6.45, 7) is 8.39. The Morgan fingerprint density at radius 3 is 2.82 bits per heavy atom. The first kappa shape index (κ1) is 13.5. The van der Waals surface area contributed by atoms with Crippen molar-refractivity contribution in [3.05, 3.63) is 24.0 Å². The average molecular weight is 232 g/mol. The Kier molecular flexibility index (Phi) is 6.13. The van der Waals surface area contributed by atoms with Crippen LogP contribution >= 0.6 is 0 Å². The van der Waals surface area contributed by atoms with Crippen LogP contribution < -0.4 is 10.1 Å². The van der Waals surface area contributed by atoms with Crippen LogP contribution in [-0.2, 0) is 6.54 Å². The summed E-state index contributed by atoms with van der Waals surface area (Å²) in [7, 11) is 0. The van der Waals surface area contributed by atoms with Crippen LogP contribution in [0.15, 0.2) is 18.3 Å². The van der Waals surface area contributed by atoms with Gasteiger partial charge in [0.05, 0.1) is 11.9 Å². The molecule has 0 unspecified atom stereocenters. The molecule has 0 bridgehead atoms. The summed E-state index contributed by atoms with van der Waals surface area (Å²) in [6, 6.07) is 3.90. The van der Waals surface area contributed by atoms with Gasteiger partial charge >= 0.3 is 0 Å². The van der Waals surface area contributed by atoms with Crippen molar-refractivity contribution in [2.75, 3.05) is 13.2 Å². The zero-order valence-electron chi connectivity index (χ0n) is 10.8. The predicted molar refractivity (Wildman–Crippen MR) is 69.7 cm³/mol. The Morgan fingerprint density at radius 1 is 1.41 bits per heavy atom. The van der Waals surface area contributed by atoms with E-state index in [-0.39, 0.29) is 0 Å². The van der Waals surface area contributed by atoms with Gasteiger partial charge in [0.2, 0.25) is 0 Å². The maximum Gasteiger partial charge on any atom is 0.149 e. The van der Waals surface area contributed by atoms with Gasteiger partial charge in [0, 0.05) is 6.54 Å². The summed E-state index contributed by atoms with van der Waals surface area (Å²) in [5.74, 6) is 7.05. The van der Waals surface area contributed by atoms with Gasteiger partial charge in [-0.3, -0.25) is 4.98 Å². The van der Waals surface area contributed by atoms with E-state index in [4.69, 9.17) is 4.74 Å². The minimum absolute atomic E-state index is 0.420. The molecule has 0 saturated heterocycles. The van der Waals surface area contributed by atoms with Crippen LogP contribution in [-0.4, -0.2) is 18.1 Å². The van der Waals surface area contributed by atoms with Crippen LogP contribution in [0.4, 0.5) is 0 Å². The smallest absolute Gasteiger partial charge is 0.149 e. The number of hydrogen-bond acceptors (Lipinski definition) is 3. The molecule has 0 amide bonds. The molecule has 0 spiro atoms. The number of nitrogens with zero attached hydrogens (tertiary/aromatic N) is 1. The molecule has 0 saturated carbocycles. The topological polar surface area (TPSA) is 34.1 Å². The molecule has 3 nitrogen and oxygen atoms in total. The third kappa shape index (κ3) is 5.94. The van der Waals surface area contributed by atoms with E-state index in [1.165, 1.54) is 0 Å². The van der Waals surface area contributed by atoms with Crippen LogP contribution in [0, 0.1) is 17.8 Å². The standard InChI is InChI=1S/C14H20N2O/c1-4-5-8-17-14-7-6-13(16-11-14)10-15-9-12(2)3/h6-7,11-12,15H,8-10H2,1-3H3. The van der Waals surface area contributed by atoms with E-state index in [1.807, 2.05) is 12.1 Å². The van der Waals surface area contributed by atoms with Crippen molar-refractivity contribution in [1.82, 2.24) is 10.3 Å². The number of rotatable bonds is 6. The van der Waals surface area contributed by atoms with Crippen molar-refractivity contribution in [1.29, 1.82) is 0 Å². The molecule has 0 fully saturated rings. The fraction of sp³-hybridized carbons (Fsp3) is 0.500. The highest BCUT2D eigenvalue weighted by Gasteiger charge is 1.97. The maximum atomic E-state index is 5.39. The third-order valence-corrected chi connectivity index (χ3v) is 2.14. The van der Waals surface area contributed by atoms with E-state index in [2.05, 4.69) is 36.0 Å². The Hall–Kier alpha value is -1.53. The van der Waals surface area contributed by atoms with Crippen molar-refractivity contribution < 1.29 is 4.74 Å². The Morgan fingerprint density at radius 2 is 2.24 bits per heavy atom. The highest BCUT2D eigenvalue weighted by atomic mass is 16.5. The van der Waals surface area contributed by atoms with E-state index >= 15 is 0 Å². The number of nitrogens with one attached hydrogen (secondary N) is 1. The molecule has 0 atom stereocenters. The van der Waals surface area contributed by atoms with E-state index in [1.54, 1.807) is 13.1 Å². The summed E-state index contributed by atoms with van der Waals surface area (Å²) in [5, 5.41) is 3.35. The first-order valence-electron chi connectivity index (χ1n) is 5.90. The molecule has 0 aliphatic heterocycles. The molecule has 1 rings (SSSR count). The summed E-state index contributed by atoms with van der Waals surface area (Å²) >= 11 is 0. The van der Waals surface area contributed by atoms with E-state index in [0.717, 1.165) is 24.5 Å². The van der Waals surface area contributed by atoms with E-state index in [0.29, 0.717) is 12.5 Å². The second kappa shape index (κ2) is 7.70. The molecular formula is C14H20N2O. The number of ether oxygens (including phenoxy) is 1. The molecule has 0 radical (unpaired) electrons. The largest absolute Gasteiger partial charge is 0.479 e.